The molecule has 0 N–H and O–H groups in total. The first-order chi connectivity index (χ1) is 24.2. The Morgan fingerprint density at radius 1 is 0.460 bits per heavy atom. The van der Waals surface area contributed by atoms with Gasteiger partial charge in [-0.25, -0.2) is 0 Å². The maximum atomic E-state index is 12.8. The van der Waals surface area contributed by atoms with Crippen LogP contribution in [0.2, 0.25) is 0 Å². The maximum Gasteiger partial charge on any atom is 0.259 e. The van der Waals surface area contributed by atoms with E-state index in [1.54, 1.807) is 38.0 Å². The van der Waals surface area contributed by atoms with Gasteiger partial charge >= 0.3 is 0 Å². The first-order valence-electron chi connectivity index (χ1n) is 17.5. The number of hydrogen-bond acceptors (Lipinski definition) is 6. The Kier molecular flexibility index (Phi) is 12.4. The predicted molar refractivity (Wildman–Crippen MR) is 197 cm³/mol. The number of rotatable bonds is 12. The minimum absolute atomic E-state index is 0.0662. The van der Waals surface area contributed by atoms with E-state index in [1.807, 2.05) is 0 Å². The maximum absolute atomic E-state index is 12.8. The first kappa shape index (κ1) is 36.3. The molecule has 0 heterocycles. The van der Waals surface area contributed by atoms with Gasteiger partial charge in [-0.15, -0.1) is 0 Å². The molecule has 0 unspecified atom stereocenters. The molecule has 0 fully saturated rings. The molecule has 0 saturated carbocycles. The van der Waals surface area contributed by atoms with Crippen LogP contribution in [0.25, 0.3) is 0 Å². The van der Waals surface area contributed by atoms with Crippen LogP contribution < -0.4 is 18.9 Å². The number of carbonyl (C=O) groups excluding carboxylic acids is 2. The number of nitrogens with zero attached hydrogens (tertiary/aromatic N) is 2. The summed E-state index contributed by atoms with van der Waals surface area (Å²) < 4.78 is 25.9. The van der Waals surface area contributed by atoms with Gasteiger partial charge in [-0.2, -0.15) is 0 Å². The van der Waals surface area contributed by atoms with E-state index in [0.717, 1.165) is 68.8 Å². The van der Waals surface area contributed by atoms with E-state index >= 15 is 0 Å². The molecule has 0 radical (unpaired) electrons. The molecule has 0 aliphatic heterocycles. The van der Waals surface area contributed by atoms with Gasteiger partial charge in [0.05, 0.1) is 13.2 Å². The second-order valence-electron chi connectivity index (χ2n) is 13.2. The summed E-state index contributed by atoms with van der Waals surface area (Å²) >= 11 is 0. The largest absolute Gasteiger partial charge is 0.493 e. The zero-order chi connectivity index (χ0) is 35.6. The van der Waals surface area contributed by atoms with E-state index < -0.39 is 0 Å². The minimum Gasteiger partial charge on any atom is -0.493 e. The van der Waals surface area contributed by atoms with Gasteiger partial charge in [0, 0.05) is 53.9 Å². The van der Waals surface area contributed by atoms with Crippen LogP contribution in [0.3, 0.4) is 0 Å². The van der Waals surface area contributed by atoms with Crippen molar-refractivity contribution in [2.75, 3.05) is 54.6 Å². The summed E-state index contributed by atoms with van der Waals surface area (Å²) in [4.78, 5) is 28.6. The molecule has 5 rings (SSSR count). The SMILES string of the molecule is CCCOc1c2cccc1Cc1cccc(c1OCC(=O)N(C)C)Cc1cccc(c1OCCC)Cc1cccc(c1OCC(=O)N(C)C)C2. The van der Waals surface area contributed by atoms with Crippen molar-refractivity contribution in [1.29, 1.82) is 0 Å². The van der Waals surface area contributed by atoms with Gasteiger partial charge in [0.15, 0.2) is 13.2 Å². The van der Waals surface area contributed by atoms with Crippen LogP contribution in [0.15, 0.2) is 72.8 Å². The van der Waals surface area contributed by atoms with E-state index in [2.05, 4.69) is 86.6 Å². The average molecular weight is 679 g/mol. The fourth-order valence-electron chi connectivity index (χ4n) is 6.16. The molecule has 4 aromatic rings. The van der Waals surface area contributed by atoms with Gasteiger partial charge in [0.1, 0.15) is 23.0 Å². The van der Waals surface area contributed by atoms with Gasteiger partial charge in [-0.05, 0) is 57.3 Å². The molecule has 8 heteroatoms. The van der Waals surface area contributed by atoms with Gasteiger partial charge < -0.3 is 28.7 Å². The molecule has 2 amide bonds. The van der Waals surface area contributed by atoms with E-state index in [1.165, 1.54) is 0 Å². The van der Waals surface area contributed by atoms with E-state index in [0.29, 0.717) is 50.4 Å². The third-order valence-electron chi connectivity index (χ3n) is 8.81. The number of benzene rings is 4. The lowest BCUT2D eigenvalue weighted by Gasteiger charge is -2.23. The first-order valence-corrected chi connectivity index (χ1v) is 17.5. The van der Waals surface area contributed by atoms with Gasteiger partial charge in [-0.3, -0.25) is 9.59 Å². The van der Waals surface area contributed by atoms with Crippen LogP contribution in [0.5, 0.6) is 23.0 Å². The highest BCUT2D eigenvalue weighted by Gasteiger charge is 2.22. The van der Waals surface area contributed by atoms with E-state index in [-0.39, 0.29) is 25.0 Å². The van der Waals surface area contributed by atoms with Crippen molar-refractivity contribution < 1.29 is 28.5 Å². The third kappa shape index (κ3) is 8.78. The standard InChI is InChI=1S/C42H50N2O6/c1-7-21-47-39-29-13-9-14-30(39)24-34-18-12-20-36(42(34)50-28-38(46)44(5)6)26-32-16-10-15-31(40(32)48-22-8-2)25-35-19-11-17-33(23-29)41(35)49-27-37(45)43(3)4/h9-20H,7-8,21-28H2,1-6H3. The Balaban J connectivity index is 1.73. The Morgan fingerprint density at radius 3 is 0.920 bits per heavy atom. The van der Waals surface area contributed by atoms with Gasteiger partial charge in [0.25, 0.3) is 11.8 Å². The highest BCUT2D eigenvalue weighted by atomic mass is 16.5. The lowest BCUT2D eigenvalue weighted by Crippen LogP contribution is -2.28. The smallest absolute Gasteiger partial charge is 0.259 e. The van der Waals surface area contributed by atoms with Crippen LogP contribution in [0, 0.1) is 0 Å². The summed E-state index contributed by atoms with van der Waals surface area (Å²) in [5.41, 5.74) is 8.00. The van der Waals surface area contributed by atoms with Gasteiger partial charge in [0.2, 0.25) is 0 Å². The molecule has 4 aromatic carbocycles. The molecule has 1 aliphatic rings. The zero-order valence-corrected chi connectivity index (χ0v) is 30.3. The second-order valence-corrected chi connectivity index (χ2v) is 13.2. The number of hydrogen-bond donors (Lipinski definition) is 0. The highest BCUT2D eigenvalue weighted by Crippen LogP contribution is 2.39. The quantitative estimate of drug-likeness (QED) is 0.143. The van der Waals surface area contributed by atoms with Crippen molar-refractivity contribution in [3.8, 4) is 23.0 Å². The zero-order valence-electron chi connectivity index (χ0n) is 30.3. The number of carbonyl (C=O) groups is 2. The number of para-hydroxylation sites is 4. The van der Waals surface area contributed by atoms with Crippen LogP contribution >= 0.6 is 0 Å². The lowest BCUT2D eigenvalue weighted by atomic mass is 9.91. The summed E-state index contributed by atoms with van der Waals surface area (Å²) in [6.45, 7) is 5.21. The Hall–Kier alpha value is -4.98. The topological polar surface area (TPSA) is 77.5 Å². The minimum atomic E-state index is -0.109. The Labute approximate surface area is 296 Å². The average Bonchev–Trinajstić information content (AvgIpc) is 3.09. The van der Waals surface area contributed by atoms with Crippen LogP contribution in [-0.4, -0.2) is 76.2 Å². The molecule has 50 heavy (non-hydrogen) atoms. The number of fused-ring (bicyclic) bond motifs is 8. The Bertz CT molecular complexity index is 1580. The molecular formula is C42H50N2O6. The molecular weight excluding hydrogens is 628 g/mol. The predicted octanol–water partition coefficient (Wildman–Crippen LogP) is 6.87. The second kappa shape index (κ2) is 17.1. The van der Waals surface area contributed by atoms with Crippen LogP contribution in [0.4, 0.5) is 0 Å². The van der Waals surface area contributed by atoms with Crippen LogP contribution in [0.1, 0.15) is 71.2 Å². The molecule has 8 bridgehead atoms. The van der Waals surface area contributed by atoms with Crippen molar-refractivity contribution >= 4 is 11.8 Å². The van der Waals surface area contributed by atoms with E-state index in [4.69, 9.17) is 18.9 Å². The Morgan fingerprint density at radius 2 is 0.700 bits per heavy atom. The third-order valence-corrected chi connectivity index (χ3v) is 8.81. The molecule has 1 aliphatic carbocycles. The van der Waals surface area contributed by atoms with Crippen molar-refractivity contribution in [2.45, 2.75) is 52.4 Å². The molecule has 0 aromatic heterocycles. The molecule has 8 nitrogen and oxygen atoms in total. The fourth-order valence-corrected chi connectivity index (χ4v) is 6.16. The number of amides is 2. The monoisotopic (exact) mass is 678 g/mol. The number of ether oxygens (including phenoxy) is 4. The summed E-state index contributed by atoms with van der Waals surface area (Å²) in [5, 5.41) is 0. The normalized spacial score (nSPS) is 12.1. The van der Waals surface area contributed by atoms with Crippen LogP contribution in [-0.2, 0) is 35.3 Å². The molecule has 264 valence electrons. The summed E-state index contributed by atoms with van der Waals surface area (Å²) in [7, 11) is 6.95. The molecule has 0 spiro atoms. The van der Waals surface area contributed by atoms with Crippen molar-refractivity contribution in [1.82, 2.24) is 9.80 Å². The lowest BCUT2D eigenvalue weighted by molar-refractivity contribution is -0.131. The molecule has 0 saturated heterocycles. The number of likely N-dealkylation sites (N-methyl/N-ethyl adjacent to an activating group) is 2. The van der Waals surface area contributed by atoms with Crippen molar-refractivity contribution in [3.05, 3.63) is 117 Å². The fraction of sp³-hybridized carbons (Fsp3) is 0.381. The van der Waals surface area contributed by atoms with Crippen molar-refractivity contribution in [2.24, 2.45) is 0 Å². The van der Waals surface area contributed by atoms with Crippen molar-refractivity contribution in [3.63, 3.8) is 0 Å². The van der Waals surface area contributed by atoms with E-state index in [9.17, 15) is 9.59 Å². The summed E-state index contributed by atoms with van der Waals surface area (Å²) in [6, 6.07) is 24.9. The molecule has 0 atom stereocenters. The summed E-state index contributed by atoms with van der Waals surface area (Å²) in [5.74, 6) is 2.87. The summed E-state index contributed by atoms with van der Waals surface area (Å²) in [6.07, 6.45) is 3.92. The van der Waals surface area contributed by atoms with Gasteiger partial charge in [-0.1, -0.05) is 86.6 Å². The highest BCUT2D eigenvalue weighted by molar-refractivity contribution is 5.77.